The van der Waals surface area contributed by atoms with Crippen molar-refractivity contribution in [1.82, 2.24) is 0 Å². The van der Waals surface area contributed by atoms with E-state index in [0.29, 0.717) is 19.3 Å². The van der Waals surface area contributed by atoms with Gasteiger partial charge in [-0.2, -0.15) is 0 Å². The topological polar surface area (TPSA) is 46.2 Å². The standard InChI is InChI=1S/C18H27NO2/c1-5-7-18(21)17(11-8-14(4)20)19-16-10-9-15(6-2)13(3)12-16/h9-10,12,17,19H,5-8,11H2,1-4H3. The van der Waals surface area contributed by atoms with Crippen LogP contribution in [0.2, 0.25) is 0 Å². The van der Waals surface area contributed by atoms with Crippen molar-refractivity contribution in [3.63, 3.8) is 0 Å². The van der Waals surface area contributed by atoms with Crippen LogP contribution in [0.3, 0.4) is 0 Å². The third kappa shape index (κ3) is 5.70. The molecule has 0 aliphatic heterocycles. The van der Waals surface area contributed by atoms with Crippen LogP contribution in [0, 0.1) is 6.92 Å². The number of hydrogen-bond donors (Lipinski definition) is 1. The average Bonchev–Trinajstić information content (AvgIpc) is 2.43. The van der Waals surface area contributed by atoms with Gasteiger partial charge in [0.2, 0.25) is 0 Å². The van der Waals surface area contributed by atoms with E-state index in [-0.39, 0.29) is 17.6 Å². The molecular weight excluding hydrogens is 262 g/mol. The van der Waals surface area contributed by atoms with Crippen LogP contribution in [-0.4, -0.2) is 17.6 Å². The molecule has 3 nitrogen and oxygen atoms in total. The van der Waals surface area contributed by atoms with E-state index < -0.39 is 0 Å². The van der Waals surface area contributed by atoms with Crippen LogP contribution < -0.4 is 5.32 Å². The lowest BCUT2D eigenvalue weighted by atomic mass is 10.0. The van der Waals surface area contributed by atoms with Gasteiger partial charge >= 0.3 is 0 Å². The molecule has 0 bridgehead atoms. The van der Waals surface area contributed by atoms with Gasteiger partial charge in [0.15, 0.2) is 5.78 Å². The summed E-state index contributed by atoms with van der Waals surface area (Å²) in [6.07, 6.45) is 3.42. The largest absolute Gasteiger partial charge is 0.375 e. The number of carbonyl (C=O) groups is 2. The molecule has 1 unspecified atom stereocenters. The second kappa shape index (κ2) is 8.60. The number of Topliss-reactive ketones (excluding diaryl/α,β-unsaturated/α-hetero) is 2. The van der Waals surface area contributed by atoms with Gasteiger partial charge in [0.1, 0.15) is 5.78 Å². The number of carbonyl (C=O) groups excluding carboxylic acids is 2. The molecule has 0 radical (unpaired) electrons. The summed E-state index contributed by atoms with van der Waals surface area (Å²) in [5.41, 5.74) is 3.51. The van der Waals surface area contributed by atoms with Crippen molar-refractivity contribution in [3.8, 4) is 0 Å². The van der Waals surface area contributed by atoms with E-state index in [2.05, 4.69) is 31.3 Å². The normalized spacial score (nSPS) is 12.0. The van der Waals surface area contributed by atoms with Crippen molar-refractivity contribution < 1.29 is 9.59 Å². The second-order valence-corrected chi connectivity index (χ2v) is 5.65. The van der Waals surface area contributed by atoms with Gasteiger partial charge in [-0.25, -0.2) is 0 Å². The maximum atomic E-state index is 12.2. The first-order valence-corrected chi connectivity index (χ1v) is 7.86. The Morgan fingerprint density at radius 1 is 1.19 bits per heavy atom. The van der Waals surface area contributed by atoms with Crippen molar-refractivity contribution in [3.05, 3.63) is 29.3 Å². The SMILES string of the molecule is CCCC(=O)C(CCC(C)=O)Nc1ccc(CC)c(C)c1. The summed E-state index contributed by atoms with van der Waals surface area (Å²) in [4.78, 5) is 23.4. The summed E-state index contributed by atoms with van der Waals surface area (Å²) >= 11 is 0. The Hall–Kier alpha value is -1.64. The smallest absolute Gasteiger partial charge is 0.155 e. The summed E-state index contributed by atoms with van der Waals surface area (Å²) in [6.45, 7) is 7.79. The Bertz CT molecular complexity index is 494. The van der Waals surface area contributed by atoms with Crippen molar-refractivity contribution in [2.75, 3.05) is 5.32 Å². The molecule has 0 aromatic heterocycles. The zero-order chi connectivity index (χ0) is 15.8. The van der Waals surface area contributed by atoms with E-state index >= 15 is 0 Å². The van der Waals surface area contributed by atoms with Crippen molar-refractivity contribution in [1.29, 1.82) is 0 Å². The first-order chi connectivity index (χ1) is 9.97. The Morgan fingerprint density at radius 2 is 1.90 bits per heavy atom. The fourth-order valence-corrected chi connectivity index (χ4v) is 2.47. The number of aryl methyl sites for hydroxylation is 2. The highest BCUT2D eigenvalue weighted by Crippen LogP contribution is 2.18. The van der Waals surface area contributed by atoms with Gasteiger partial charge in [0.25, 0.3) is 0 Å². The molecule has 0 aliphatic rings. The van der Waals surface area contributed by atoms with Crippen LogP contribution >= 0.6 is 0 Å². The van der Waals surface area contributed by atoms with E-state index in [4.69, 9.17) is 0 Å². The predicted molar refractivity (Wildman–Crippen MR) is 87.8 cm³/mol. The molecule has 1 aromatic carbocycles. The Morgan fingerprint density at radius 3 is 2.43 bits per heavy atom. The molecule has 3 heteroatoms. The van der Waals surface area contributed by atoms with Crippen LogP contribution in [0.5, 0.6) is 0 Å². The van der Waals surface area contributed by atoms with E-state index in [1.807, 2.05) is 13.0 Å². The van der Waals surface area contributed by atoms with Gasteiger partial charge in [0, 0.05) is 18.5 Å². The van der Waals surface area contributed by atoms with Gasteiger partial charge in [-0.3, -0.25) is 4.79 Å². The number of ketones is 2. The summed E-state index contributed by atoms with van der Waals surface area (Å²) in [5.74, 6) is 0.319. The van der Waals surface area contributed by atoms with Gasteiger partial charge in [0.05, 0.1) is 6.04 Å². The number of benzene rings is 1. The highest BCUT2D eigenvalue weighted by molar-refractivity contribution is 5.87. The third-order valence-electron chi connectivity index (χ3n) is 3.73. The Labute approximate surface area is 128 Å². The van der Waals surface area contributed by atoms with E-state index in [0.717, 1.165) is 18.5 Å². The van der Waals surface area contributed by atoms with E-state index in [9.17, 15) is 9.59 Å². The summed E-state index contributed by atoms with van der Waals surface area (Å²) < 4.78 is 0. The summed E-state index contributed by atoms with van der Waals surface area (Å²) in [7, 11) is 0. The summed E-state index contributed by atoms with van der Waals surface area (Å²) in [6, 6.07) is 5.94. The van der Waals surface area contributed by atoms with Crippen molar-refractivity contribution >= 4 is 17.3 Å². The van der Waals surface area contributed by atoms with Crippen molar-refractivity contribution in [2.24, 2.45) is 0 Å². The van der Waals surface area contributed by atoms with Gasteiger partial charge in [-0.15, -0.1) is 0 Å². The molecule has 1 rings (SSSR count). The molecule has 0 spiro atoms. The number of anilines is 1. The van der Waals surface area contributed by atoms with Gasteiger partial charge in [-0.05, 0) is 56.4 Å². The minimum Gasteiger partial charge on any atom is -0.375 e. The number of nitrogens with one attached hydrogen (secondary N) is 1. The maximum Gasteiger partial charge on any atom is 0.155 e. The maximum absolute atomic E-state index is 12.2. The Kier molecular flexibility index (Phi) is 7.13. The van der Waals surface area contributed by atoms with E-state index in [1.165, 1.54) is 11.1 Å². The lowest BCUT2D eigenvalue weighted by molar-refractivity contribution is -0.120. The molecule has 21 heavy (non-hydrogen) atoms. The molecule has 1 atom stereocenters. The lowest BCUT2D eigenvalue weighted by Crippen LogP contribution is -2.30. The molecule has 0 fully saturated rings. The highest BCUT2D eigenvalue weighted by Gasteiger charge is 2.18. The van der Waals surface area contributed by atoms with Gasteiger partial charge in [-0.1, -0.05) is 19.9 Å². The minimum atomic E-state index is -0.263. The molecular formula is C18H27NO2. The van der Waals surface area contributed by atoms with E-state index in [1.54, 1.807) is 6.92 Å². The van der Waals surface area contributed by atoms with Crippen LogP contribution in [0.4, 0.5) is 5.69 Å². The Balaban J connectivity index is 2.81. The monoisotopic (exact) mass is 289 g/mol. The van der Waals surface area contributed by atoms with Crippen LogP contribution in [0.15, 0.2) is 18.2 Å². The third-order valence-corrected chi connectivity index (χ3v) is 3.73. The molecule has 0 heterocycles. The zero-order valence-corrected chi connectivity index (χ0v) is 13.7. The molecule has 0 aliphatic carbocycles. The lowest BCUT2D eigenvalue weighted by Gasteiger charge is -2.19. The first-order valence-electron chi connectivity index (χ1n) is 7.86. The van der Waals surface area contributed by atoms with Crippen LogP contribution in [0.1, 0.15) is 57.6 Å². The van der Waals surface area contributed by atoms with Crippen molar-refractivity contribution in [2.45, 2.75) is 65.8 Å². The second-order valence-electron chi connectivity index (χ2n) is 5.65. The molecule has 0 saturated carbocycles. The first kappa shape index (κ1) is 17.4. The average molecular weight is 289 g/mol. The van der Waals surface area contributed by atoms with Crippen LogP contribution in [-0.2, 0) is 16.0 Å². The quantitative estimate of drug-likeness (QED) is 0.745. The fourth-order valence-electron chi connectivity index (χ4n) is 2.47. The molecule has 116 valence electrons. The molecule has 0 amide bonds. The molecule has 1 N–H and O–H groups in total. The fraction of sp³-hybridized carbons (Fsp3) is 0.556. The summed E-state index contributed by atoms with van der Waals surface area (Å²) in [5, 5.41) is 3.31. The zero-order valence-electron chi connectivity index (χ0n) is 13.7. The molecule has 0 saturated heterocycles. The molecule has 1 aromatic rings. The van der Waals surface area contributed by atoms with Gasteiger partial charge < -0.3 is 10.1 Å². The highest BCUT2D eigenvalue weighted by atomic mass is 16.1. The minimum absolute atomic E-state index is 0.128. The van der Waals surface area contributed by atoms with Crippen LogP contribution in [0.25, 0.3) is 0 Å². The number of hydrogen-bond acceptors (Lipinski definition) is 3. The number of rotatable bonds is 9. The predicted octanol–water partition coefficient (Wildman–Crippen LogP) is 4.08.